The lowest BCUT2D eigenvalue weighted by Crippen LogP contribution is -2.99. The van der Waals surface area contributed by atoms with Crippen LogP contribution in [-0.2, 0) is 19.9 Å². The number of amides is 3. The van der Waals surface area contributed by atoms with E-state index in [4.69, 9.17) is 11.6 Å². The van der Waals surface area contributed by atoms with Gasteiger partial charge in [0.25, 0.3) is 5.91 Å². The molecule has 29 heavy (non-hydrogen) atoms. The Labute approximate surface area is 173 Å². The number of para-hydroxylation sites is 2. The first kappa shape index (κ1) is 18.3. The molecule has 3 amide bonds. The van der Waals surface area contributed by atoms with Crippen LogP contribution in [0.15, 0.2) is 48.5 Å². The number of nitrogens with zero attached hydrogens (tertiary/aromatic N) is 1. The van der Waals surface area contributed by atoms with Crippen LogP contribution in [-0.4, -0.2) is 23.8 Å². The van der Waals surface area contributed by atoms with Crippen molar-refractivity contribution in [1.82, 2.24) is 0 Å². The third kappa shape index (κ3) is 2.24. The van der Waals surface area contributed by atoms with Gasteiger partial charge in [-0.3, -0.25) is 14.4 Å². The van der Waals surface area contributed by atoms with Crippen LogP contribution in [0.2, 0.25) is 5.02 Å². The van der Waals surface area contributed by atoms with Gasteiger partial charge in [0.1, 0.15) is 17.9 Å². The average Bonchev–Trinajstić information content (AvgIpc) is 3.28. The van der Waals surface area contributed by atoms with Crippen molar-refractivity contribution in [2.45, 2.75) is 25.4 Å². The third-order valence-electron chi connectivity index (χ3n) is 6.57. The lowest BCUT2D eigenvalue weighted by Gasteiger charge is -2.27. The van der Waals surface area contributed by atoms with Gasteiger partial charge in [-0.25, -0.2) is 4.90 Å². The molecule has 7 heteroatoms. The van der Waals surface area contributed by atoms with E-state index < -0.39 is 17.4 Å². The van der Waals surface area contributed by atoms with Crippen LogP contribution in [0.3, 0.4) is 0 Å². The van der Waals surface area contributed by atoms with Gasteiger partial charge in [0.05, 0.1) is 16.4 Å². The highest BCUT2D eigenvalue weighted by Crippen LogP contribution is 2.51. The highest BCUT2D eigenvalue weighted by molar-refractivity contribution is 6.36. The summed E-state index contributed by atoms with van der Waals surface area (Å²) in [6.07, 6.45) is 0. The summed E-state index contributed by atoms with van der Waals surface area (Å²) in [4.78, 5) is 41.7. The molecule has 3 aliphatic heterocycles. The Morgan fingerprint density at radius 1 is 1.03 bits per heavy atom. The van der Waals surface area contributed by atoms with Gasteiger partial charge in [0.2, 0.25) is 17.4 Å². The van der Waals surface area contributed by atoms with E-state index in [0.29, 0.717) is 16.4 Å². The second kappa shape index (κ2) is 6.15. The smallest absolute Gasteiger partial charge is 0.291 e. The molecular weight excluding hydrogens is 390 g/mol. The Morgan fingerprint density at radius 3 is 2.45 bits per heavy atom. The van der Waals surface area contributed by atoms with E-state index in [1.807, 2.05) is 43.4 Å². The van der Waals surface area contributed by atoms with E-state index in [9.17, 15) is 14.4 Å². The number of rotatable bonds is 2. The molecule has 2 aromatic rings. The number of halogens is 1. The Hall–Kier alpha value is -2.70. The van der Waals surface area contributed by atoms with Crippen molar-refractivity contribution in [2.75, 3.05) is 10.2 Å². The van der Waals surface area contributed by atoms with E-state index in [1.54, 1.807) is 24.3 Å². The molecule has 148 valence electrons. The van der Waals surface area contributed by atoms with E-state index in [1.165, 1.54) is 4.90 Å². The fourth-order valence-corrected chi connectivity index (χ4v) is 5.54. The predicted molar refractivity (Wildman–Crippen MR) is 108 cm³/mol. The van der Waals surface area contributed by atoms with Gasteiger partial charge in [0, 0.05) is 11.5 Å². The first-order valence-corrected chi connectivity index (χ1v) is 10.1. The molecule has 0 aromatic heterocycles. The van der Waals surface area contributed by atoms with Gasteiger partial charge in [-0.1, -0.05) is 55.8 Å². The van der Waals surface area contributed by atoms with Crippen molar-refractivity contribution in [3.63, 3.8) is 0 Å². The molecule has 4 atom stereocenters. The van der Waals surface area contributed by atoms with Crippen LogP contribution in [0.5, 0.6) is 0 Å². The largest absolute Gasteiger partial charge is 0.326 e. The summed E-state index contributed by atoms with van der Waals surface area (Å²) >= 11 is 6.32. The number of carbonyl (C=O) groups is 3. The van der Waals surface area contributed by atoms with Gasteiger partial charge in [0.15, 0.2) is 0 Å². The molecule has 2 aromatic carbocycles. The Balaban J connectivity index is 1.71. The van der Waals surface area contributed by atoms with E-state index in [-0.39, 0.29) is 29.7 Å². The van der Waals surface area contributed by atoms with Crippen molar-refractivity contribution in [3.8, 4) is 0 Å². The van der Waals surface area contributed by atoms with Crippen molar-refractivity contribution in [1.29, 1.82) is 0 Å². The molecule has 0 radical (unpaired) electrons. The molecule has 3 heterocycles. The second-order valence-electron chi connectivity index (χ2n) is 8.32. The number of nitrogens with one attached hydrogen (secondary N) is 1. The SMILES string of the molecule is CC(C)[C@@H]1[NH2+][C@]2(C(=O)Nc3ccccc32)[C@@H]2C(=O)N(c3ccccc3Cl)C(=O)[C@@H]21. The number of benzene rings is 2. The van der Waals surface area contributed by atoms with Crippen molar-refractivity contribution in [2.24, 2.45) is 17.8 Å². The maximum absolute atomic E-state index is 13.7. The number of imide groups is 1. The van der Waals surface area contributed by atoms with Gasteiger partial charge in [-0.05, 0) is 18.2 Å². The number of hydrogen-bond donors (Lipinski definition) is 2. The zero-order chi connectivity index (χ0) is 20.5. The molecule has 5 rings (SSSR count). The van der Waals surface area contributed by atoms with E-state index in [0.717, 1.165) is 5.56 Å². The molecule has 0 aliphatic carbocycles. The number of fused-ring (bicyclic) bond motifs is 4. The number of anilines is 2. The minimum Gasteiger partial charge on any atom is -0.326 e. The molecule has 0 unspecified atom stereocenters. The number of nitrogens with two attached hydrogens (primary N) is 1. The molecule has 0 saturated carbocycles. The Morgan fingerprint density at radius 2 is 1.72 bits per heavy atom. The fourth-order valence-electron chi connectivity index (χ4n) is 5.32. The minimum atomic E-state index is -1.14. The summed E-state index contributed by atoms with van der Waals surface area (Å²) in [6.45, 7) is 4.04. The van der Waals surface area contributed by atoms with Crippen LogP contribution in [0, 0.1) is 17.8 Å². The average molecular weight is 411 g/mol. The summed E-state index contributed by atoms with van der Waals surface area (Å²) in [7, 11) is 0. The highest BCUT2D eigenvalue weighted by Gasteiger charge is 2.74. The quantitative estimate of drug-likeness (QED) is 0.742. The van der Waals surface area contributed by atoms with E-state index >= 15 is 0 Å². The topological polar surface area (TPSA) is 83.1 Å². The number of carbonyl (C=O) groups excluding carboxylic acids is 3. The second-order valence-corrected chi connectivity index (χ2v) is 8.73. The van der Waals surface area contributed by atoms with Crippen LogP contribution in [0.25, 0.3) is 0 Å². The van der Waals surface area contributed by atoms with Gasteiger partial charge < -0.3 is 10.6 Å². The molecule has 3 N–H and O–H groups in total. The zero-order valence-electron chi connectivity index (χ0n) is 16.1. The minimum absolute atomic E-state index is 0.102. The number of quaternary nitrogens is 1. The molecule has 2 fully saturated rings. The Bertz CT molecular complexity index is 1070. The van der Waals surface area contributed by atoms with Crippen LogP contribution < -0.4 is 15.5 Å². The van der Waals surface area contributed by atoms with Gasteiger partial charge in [-0.2, -0.15) is 0 Å². The van der Waals surface area contributed by atoms with Crippen molar-refractivity contribution in [3.05, 3.63) is 59.1 Å². The monoisotopic (exact) mass is 410 g/mol. The normalized spacial score (nSPS) is 30.3. The van der Waals surface area contributed by atoms with Crippen molar-refractivity contribution < 1.29 is 19.7 Å². The highest BCUT2D eigenvalue weighted by atomic mass is 35.5. The predicted octanol–water partition coefficient (Wildman–Crippen LogP) is 1.89. The maximum atomic E-state index is 13.7. The molecule has 6 nitrogen and oxygen atoms in total. The summed E-state index contributed by atoms with van der Waals surface area (Å²) in [5.41, 5.74) is 0.709. The molecular formula is C22H21ClN3O3+. The molecule has 3 aliphatic rings. The lowest BCUT2D eigenvalue weighted by molar-refractivity contribution is -0.738. The fraction of sp³-hybridized carbons (Fsp3) is 0.318. The zero-order valence-corrected chi connectivity index (χ0v) is 16.8. The number of hydrogen-bond acceptors (Lipinski definition) is 3. The van der Waals surface area contributed by atoms with Crippen LogP contribution in [0.1, 0.15) is 19.4 Å². The lowest BCUT2D eigenvalue weighted by atomic mass is 9.76. The maximum Gasteiger partial charge on any atom is 0.291 e. The summed E-state index contributed by atoms with van der Waals surface area (Å²) in [5.74, 6) is -2.14. The summed E-state index contributed by atoms with van der Waals surface area (Å²) in [6, 6.07) is 14.1. The van der Waals surface area contributed by atoms with Gasteiger partial charge in [-0.15, -0.1) is 0 Å². The van der Waals surface area contributed by atoms with Crippen LogP contribution >= 0.6 is 11.6 Å². The molecule has 0 bridgehead atoms. The molecule has 2 saturated heterocycles. The summed E-state index contributed by atoms with van der Waals surface area (Å²) in [5, 5.41) is 5.22. The van der Waals surface area contributed by atoms with E-state index in [2.05, 4.69) is 5.32 Å². The standard InChI is InChI=1S/C22H20ClN3O3/c1-11(2)18-16-17(20(28)26(19(16)27)15-10-6-4-8-13(15)23)22(25-18)12-7-3-5-9-14(12)24-21(22)29/h3-11,16-18,25H,1-2H3,(H,24,29)/p+1/t16-,17-,18-,22-/m0/s1. The summed E-state index contributed by atoms with van der Waals surface area (Å²) < 4.78 is 0. The van der Waals surface area contributed by atoms with Crippen LogP contribution in [0.4, 0.5) is 11.4 Å². The Kier molecular flexibility index (Phi) is 3.89. The molecule has 1 spiro atoms. The third-order valence-corrected chi connectivity index (χ3v) is 6.89. The first-order chi connectivity index (χ1) is 13.9. The van der Waals surface area contributed by atoms with Crippen molar-refractivity contribution >= 4 is 40.7 Å². The first-order valence-electron chi connectivity index (χ1n) is 9.77. The van der Waals surface area contributed by atoms with Gasteiger partial charge >= 0.3 is 0 Å².